The molecule has 0 aliphatic carbocycles. The van der Waals surface area contributed by atoms with Gasteiger partial charge < -0.3 is 15.1 Å². The first-order valence-electron chi connectivity index (χ1n) is 10.5. The predicted molar refractivity (Wildman–Crippen MR) is 110 cm³/mol. The number of nitrogens with one attached hydrogen (secondary N) is 1. The summed E-state index contributed by atoms with van der Waals surface area (Å²) in [6.45, 7) is 26.0. The number of rotatable bonds is 13. The Morgan fingerprint density at radius 1 is 0.880 bits per heavy atom. The van der Waals surface area contributed by atoms with Gasteiger partial charge in [0.15, 0.2) is 0 Å². The maximum Gasteiger partial charge on any atom is 0.0113 e. The summed E-state index contributed by atoms with van der Waals surface area (Å²) in [6, 6.07) is 0.622. The fraction of sp³-hybridized carbons (Fsp3) is 1.00. The van der Waals surface area contributed by atoms with Gasteiger partial charge in [-0.2, -0.15) is 0 Å². The zero-order chi connectivity index (χ0) is 18.7. The standard InChI is InChI=1S/C20H45N5/c1-7-22-10-12-23(13-11-22)14-15-24(18-19(2)3)16-17-25(20(4)5)9-8-21-6/h19-21H,7-18H2,1-6H3. The van der Waals surface area contributed by atoms with Crippen molar-refractivity contribution in [1.29, 1.82) is 0 Å². The molecule has 0 aromatic carbocycles. The summed E-state index contributed by atoms with van der Waals surface area (Å²) in [6.07, 6.45) is 0. The van der Waals surface area contributed by atoms with Crippen molar-refractivity contribution >= 4 is 0 Å². The maximum atomic E-state index is 3.28. The third kappa shape index (κ3) is 9.90. The van der Waals surface area contributed by atoms with Crippen LogP contribution in [-0.2, 0) is 0 Å². The van der Waals surface area contributed by atoms with E-state index in [2.05, 4.69) is 59.5 Å². The SMILES string of the molecule is CCN1CCN(CCN(CCN(CCNC)C(C)C)CC(C)C)CC1. The summed E-state index contributed by atoms with van der Waals surface area (Å²) < 4.78 is 0. The van der Waals surface area contributed by atoms with Gasteiger partial charge in [0.2, 0.25) is 0 Å². The zero-order valence-corrected chi connectivity index (χ0v) is 17.9. The lowest BCUT2D eigenvalue weighted by molar-refractivity contribution is 0.112. The molecule has 5 nitrogen and oxygen atoms in total. The molecule has 0 saturated carbocycles. The number of piperazine rings is 1. The summed E-state index contributed by atoms with van der Waals surface area (Å²) in [5.74, 6) is 0.738. The molecule has 1 N–H and O–H groups in total. The molecule has 0 spiro atoms. The van der Waals surface area contributed by atoms with Crippen molar-refractivity contribution in [2.45, 2.75) is 40.7 Å². The molecule has 1 fully saturated rings. The number of hydrogen-bond acceptors (Lipinski definition) is 5. The Kier molecular flexibility index (Phi) is 11.9. The first kappa shape index (κ1) is 22.8. The lowest BCUT2D eigenvalue weighted by atomic mass is 10.2. The molecule has 1 aliphatic heterocycles. The zero-order valence-electron chi connectivity index (χ0n) is 17.9. The van der Waals surface area contributed by atoms with E-state index >= 15 is 0 Å². The Balaban J connectivity index is 2.39. The lowest BCUT2D eigenvalue weighted by Crippen LogP contribution is -2.49. The molecule has 1 saturated heterocycles. The van der Waals surface area contributed by atoms with Crippen molar-refractivity contribution < 1.29 is 0 Å². The van der Waals surface area contributed by atoms with Crippen LogP contribution in [0.2, 0.25) is 0 Å². The van der Waals surface area contributed by atoms with Crippen molar-refractivity contribution in [3.8, 4) is 0 Å². The molecule has 0 radical (unpaired) electrons. The van der Waals surface area contributed by atoms with Gasteiger partial charge in [-0.15, -0.1) is 0 Å². The number of hydrogen-bond donors (Lipinski definition) is 1. The topological polar surface area (TPSA) is 25.0 Å². The average Bonchev–Trinajstić information content (AvgIpc) is 2.59. The van der Waals surface area contributed by atoms with Crippen molar-refractivity contribution in [3.05, 3.63) is 0 Å². The van der Waals surface area contributed by atoms with E-state index in [0.717, 1.165) is 19.0 Å². The minimum absolute atomic E-state index is 0.622. The highest BCUT2D eigenvalue weighted by Gasteiger charge is 2.17. The first-order chi connectivity index (χ1) is 12.0. The molecule has 0 aromatic heterocycles. The summed E-state index contributed by atoms with van der Waals surface area (Å²) in [4.78, 5) is 10.5. The minimum Gasteiger partial charge on any atom is -0.318 e. The molecule has 5 heteroatoms. The van der Waals surface area contributed by atoms with E-state index < -0.39 is 0 Å². The van der Waals surface area contributed by atoms with E-state index in [-0.39, 0.29) is 0 Å². The van der Waals surface area contributed by atoms with Crippen LogP contribution >= 0.6 is 0 Å². The quantitative estimate of drug-likeness (QED) is 0.540. The van der Waals surface area contributed by atoms with Gasteiger partial charge in [-0.05, 0) is 33.4 Å². The van der Waals surface area contributed by atoms with Crippen LogP contribution in [0.15, 0.2) is 0 Å². The van der Waals surface area contributed by atoms with Crippen LogP contribution in [-0.4, -0.2) is 111 Å². The van der Waals surface area contributed by atoms with E-state index in [4.69, 9.17) is 0 Å². The summed E-state index contributed by atoms with van der Waals surface area (Å²) in [7, 11) is 2.04. The van der Waals surface area contributed by atoms with Crippen LogP contribution in [0, 0.1) is 5.92 Å². The van der Waals surface area contributed by atoms with Crippen LogP contribution in [0.3, 0.4) is 0 Å². The molecular formula is C20H45N5. The fourth-order valence-electron chi connectivity index (χ4n) is 3.58. The average molecular weight is 356 g/mol. The number of nitrogens with zero attached hydrogens (tertiary/aromatic N) is 4. The Morgan fingerprint density at radius 2 is 1.52 bits per heavy atom. The van der Waals surface area contributed by atoms with Gasteiger partial charge in [-0.1, -0.05) is 20.8 Å². The highest BCUT2D eigenvalue weighted by Crippen LogP contribution is 2.05. The van der Waals surface area contributed by atoms with Crippen molar-refractivity contribution in [2.24, 2.45) is 5.92 Å². The normalized spacial score (nSPS) is 17.5. The van der Waals surface area contributed by atoms with Gasteiger partial charge in [-0.25, -0.2) is 0 Å². The first-order valence-corrected chi connectivity index (χ1v) is 10.5. The van der Waals surface area contributed by atoms with Gasteiger partial charge in [0.05, 0.1) is 0 Å². The molecule has 0 atom stereocenters. The predicted octanol–water partition coefficient (Wildman–Crippen LogP) is 1.51. The van der Waals surface area contributed by atoms with E-state index in [9.17, 15) is 0 Å². The Bertz CT molecular complexity index is 313. The largest absolute Gasteiger partial charge is 0.318 e. The van der Waals surface area contributed by atoms with Crippen LogP contribution in [0.5, 0.6) is 0 Å². The van der Waals surface area contributed by atoms with Gasteiger partial charge in [0, 0.05) is 78.0 Å². The van der Waals surface area contributed by atoms with Crippen molar-refractivity contribution in [3.63, 3.8) is 0 Å². The molecule has 1 rings (SSSR count). The molecule has 1 heterocycles. The Morgan fingerprint density at radius 3 is 2.04 bits per heavy atom. The molecule has 0 aromatic rings. The fourth-order valence-corrected chi connectivity index (χ4v) is 3.58. The maximum absolute atomic E-state index is 3.28. The summed E-state index contributed by atoms with van der Waals surface area (Å²) in [5, 5.41) is 3.28. The Labute approximate surface area is 157 Å². The highest BCUT2D eigenvalue weighted by molar-refractivity contribution is 4.74. The van der Waals surface area contributed by atoms with Crippen LogP contribution < -0.4 is 5.32 Å². The summed E-state index contributed by atoms with van der Waals surface area (Å²) >= 11 is 0. The van der Waals surface area contributed by atoms with Crippen LogP contribution in [0.4, 0.5) is 0 Å². The second-order valence-electron chi connectivity index (χ2n) is 8.20. The molecular weight excluding hydrogens is 310 g/mol. The van der Waals surface area contributed by atoms with Gasteiger partial charge in [0.25, 0.3) is 0 Å². The Hall–Kier alpha value is -0.200. The van der Waals surface area contributed by atoms with Gasteiger partial charge >= 0.3 is 0 Å². The molecule has 25 heavy (non-hydrogen) atoms. The molecule has 0 unspecified atom stereocenters. The van der Waals surface area contributed by atoms with E-state index in [0.29, 0.717) is 6.04 Å². The van der Waals surface area contributed by atoms with Crippen molar-refractivity contribution in [1.82, 2.24) is 24.9 Å². The second kappa shape index (κ2) is 13.0. The smallest absolute Gasteiger partial charge is 0.0113 e. The van der Waals surface area contributed by atoms with E-state index in [1.54, 1.807) is 0 Å². The molecule has 0 bridgehead atoms. The van der Waals surface area contributed by atoms with Crippen LogP contribution in [0.1, 0.15) is 34.6 Å². The van der Waals surface area contributed by atoms with Crippen LogP contribution in [0.25, 0.3) is 0 Å². The van der Waals surface area contributed by atoms with Gasteiger partial charge in [0.1, 0.15) is 0 Å². The highest BCUT2D eigenvalue weighted by atomic mass is 15.3. The lowest BCUT2D eigenvalue weighted by Gasteiger charge is -2.36. The monoisotopic (exact) mass is 355 g/mol. The van der Waals surface area contributed by atoms with Crippen molar-refractivity contribution in [2.75, 3.05) is 85.6 Å². The van der Waals surface area contributed by atoms with E-state index in [1.807, 2.05) is 7.05 Å². The molecule has 1 aliphatic rings. The molecule has 0 amide bonds. The summed E-state index contributed by atoms with van der Waals surface area (Å²) in [5.41, 5.74) is 0. The minimum atomic E-state index is 0.622. The second-order valence-corrected chi connectivity index (χ2v) is 8.20. The van der Waals surface area contributed by atoms with E-state index in [1.165, 1.54) is 65.4 Å². The number of likely N-dealkylation sites (N-methyl/N-ethyl adjacent to an activating group) is 2. The third-order valence-corrected chi connectivity index (χ3v) is 5.35. The van der Waals surface area contributed by atoms with Gasteiger partial charge in [-0.3, -0.25) is 9.80 Å². The third-order valence-electron chi connectivity index (χ3n) is 5.35. The molecule has 150 valence electrons.